The number of nitrogens with one attached hydrogen (secondary N) is 2. The molecule has 0 bridgehead atoms. The Bertz CT molecular complexity index is 767. The van der Waals surface area contributed by atoms with Gasteiger partial charge in [-0.3, -0.25) is 14.6 Å². The van der Waals surface area contributed by atoms with E-state index in [0.29, 0.717) is 11.8 Å². The van der Waals surface area contributed by atoms with Crippen molar-refractivity contribution in [2.24, 2.45) is 0 Å². The van der Waals surface area contributed by atoms with E-state index in [4.69, 9.17) is 11.6 Å². The predicted octanol–water partition coefficient (Wildman–Crippen LogP) is 3.40. The fourth-order valence-corrected chi connectivity index (χ4v) is 2.13. The first kappa shape index (κ1) is 18.7. The van der Waals surface area contributed by atoms with Crippen LogP contribution in [0, 0.1) is 0 Å². The van der Waals surface area contributed by atoms with Gasteiger partial charge in [-0.15, -0.1) is 0 Å². The zero-order valence-corrected chi connectivity index (χ0v) is 13.5. The van der Waals surface area contributed by atoms with Crippen molar-refractivity contribution in [2.75, 3.05) is 5.32 Å². The number of carbonyl (C=O) groups excluding carboxylic acids is 2. The molecule has 0 unspecified atom stereocenters. The normalized spacial score (nSPS) is 11.0. The van der Waals surface area contributed by atoms with Gasteiger partial charge in [-0.25, -0.2) is 0 Å². The number of alkyl halides is 3. The van der Waals surface area contributed by atoms with Gasteiger partial charge in [0.2, 0.25) is 11.8 Å². The molecule has 0 aliphatic heterocycles. The van der Waals surface area contributed by atoms with Gasteiger partial charge in [-0.05, 0) is 30.3 Å². The molecule has 0 saturated heterocycles. The number of anilines is 1. The maximum Gasteiger partial charge on any atom is 0.418 e. The molecular weight excluding hydrogens is 359 g/mol. The number of benzene rings is 1. The Morgan fingerprint density at radius 2 is 1.88 bits per heavy atom. The molecular formula is C16H13ClF3N3O2. The van der Waals surface area contributed by atoms with Crippen molar-refractivity contribution < 1.29 is 22.8 Å². The summed E-state index contributed by atoms with van der Waals surface area (Å²) in [5.74, 6) is -1.50. The summed E-state index contributed by atoms with van der Waals surface area (Å²) in [4.78, 5) is 27.5. The van der Waals surface area contributed by atoms with Crippen LogP contribution >= 0.6 is 11.6 Å². The molecule has 0 radical (unpaired) electrons. The second kappa shape index (κ2) is 7.98. The van der Waals surface area contributed by atoms with Crippen molar-refractivity contribution in [2.45, 2.75) is 19.1 Å². The molecule has 25 heavy (non-hydrogen) atoms. The Morgan fingerprint density at radius 1 is 1.12 bits per heavy atom. The molecule has 1 aromatic carbocycles. The summed E-state index contributed by atoms with van der Waals surface area (Å²) in [6.45, 7) is 0.113. The van der Waals surface area contributed by atoms with Crippen molar-refractivity contribution in [3.05, 3.63) is 58.9 Å². The number of amides is 2. The summed E-state index contributed by atoms with van der Waals surface area (Å²) in [6, 6.07) is 8.09. The summed E-state index contributed by atoms with van der Waals surface area (Å²) in [5.41, 5.74) is -0.949. The van der Waals surface area contributed by atoms with Gasteiger partial charge < -0.3 is 10.6 Å². The van der Waals surface area contributed by atoms with Crippen molar-refractivity contribution in [3.63, 3.8) is 0 Å². The number of hydrogen-bond acceptors (Lipinski definition) is 3. The summed E-state index contributed by atoms with van der Waals surface area (Å²) in [7, 11) is 0. The molecule has 5 nitrogen and oxygen atoms in total. The molecule has 1 heterocycles. The quantitative estimate of drug-likeness (QED) is 0.791. The highest BCUT2D eigenvalue weighted by atomic mass is 35.5. The molecule has 2 amide bonds. The molecule has 0 spiro atoms. The highest BCUT2D eigenvalue weighted by molar-refractivity contribution is 6.30. The van der Waals surface area contributed by atoms with E-state index in [0.717, 1.165) is 6.07 Å². The zero-order chi connectivity index (χ0) is 18.4. The van der Waals surface area contributed by atoms with Crippen LogP contribution in [-0.2, 0) is 22.3 Å². The standard InChI is InChI=1S/C16H13ClF3N3O2/c17-10-4-5-13(12(7-10)16(18,19)20)23-15(25)8-14(24)22-9-11-3-1-2-6-21-11/h1-7H,8-9H2,(H,22,24)(H,23,25). The van der Waals surface area contributed by atoms with Gasteiger partial charge >= 0.3 is 6.18 Å². The number of hydrogen-bond donors (Lipinski definition) is 2. The van der Waals surface area contributed by atoms with Crippen LogP contribution in [0.15, 0.2) is 42.6 Å². The number of nitrogens with zero attached hydrogens (tertiary/aromatic N) is 1. The van der Waals surface area contributed by atoms with E-state index in [-0.39, 0.29) is 11.6 Å². The lowest BCUT2D eigenvalue weighted by atomic mass is 10.1. The molecule has 9 heteroatoms. The minimum absolute atomic E-state index is 0.113. The Morgan fingerprint density at radius 3 is 2.52 bits per heavy atom. The number of rotatable bonds is 5. The number of halogens is 4. The van der Waals surface area contributed by atoms with Gasteiger partial charge in [0, 0.05) is 11.2 Å². The van der Waals surface area contributed by atoms with Crippen LogP contribution in [0.1, 0.15) is 17.7 Å². The monoisotopic (exact) mass is 371 g/mol. The predicted molar refractivity (Wildman–Crippen MR) is 85.8 cm³/mol. The van der Waals surface area contributed by atoms with Crippen molar-refractivity contribution in [1.29, 1.82) is 0 Å². The number of pyridine rings is 1. The Hall–Kier alpha value is -2.61. The maximum absolute atomic E-state index is 13.0. The number of carbonyl (C=O) groups is 2. The highest BCUT2D eigenvalue weighted by Crippen LogP contribution is 2.36. The second-order valence-electron chi connectivity index (χ2n) is 5.01. The lowest BCUT2D eigenvalue weighted by molar-refractivity contribution is -0.137. The second-order valence-corrected chi connectivity index (χ2v) is 5.45. The lowest BCUT2D eigenvalue weighted by Crippen LogP contribution is -2.28. The molecule has 0 saturated carbocycles. The summed E-state index contributed by atoms with van der Waals surface area (Å²) >= 11 is 5.56. The molecule has 0 aliphatic carbocycles. The third-order valence-electron chi connectivity index (χ3n) is 3.08. The smallest absolute Gasteiger partial charge is 0.350 e. The Balaban J connectivity index is 1.95. The van der Waals surface area contributed by atoms with Gasteiger partial charge in [-0.1, -0.05) is 17.7 Å². The molecule has 132 valence electrons. The molecule has 0 fully saturated rings. The van der Waals surface area contributed by atoms with Crippen LogP contribution in [0.3, 0.4) is 0 Å². The van der Waals surface area contributed by atoms with E-state index in [9.17, 15) is 22.8 Å². The molecule has 1 aromatic heterocycles. The molecule has 0 aliphatic rings. The van der Waals surface area contributed by atoms with Gasteiger partial charge in [0.1, 0.15) is 6.42 Å². The van der Waals surface area contributed by atoms with Crippen LogP contribution < -0.4 is 10.6 Å². The summed E-state index contributed by atoms with van der Waals surface area (Å²) in [5, 5.41) is 4.43. The minimum atomic E-state index is -4.69. The maximum atomic E-state index is 13.0. The first-order valence-electron chi connectivity index (χ1n) is 7.09. The first-order chi connectivity index (χ1) is 11.8. The SMILES string of the molecule is O=C(CC(=O)Nc1ccc(Cl)cc1C(F)(F)F)NCc1ccccn1. The highest BCUT2D eigenvalue weighted by Gasteiger charge is 2.34. The van der Waals surface area contributed by atoms with Gasteiger partial charge in [-0.2, -0.15) is 13.2 Å². The molecule has 2 rings (SSSR count). The molecule has 2 aromatic rings. The summed E-state index contributed by atoms with van der Waals surface area (Å²) < 4.78 is 38.9. The van der Waals surface area contributed by atoms with E-state index < -0.39 is 35.7 Å². The zero-order valence-electron chi connectivity index (χ0n) is 12.7. The van der Waals surface area contributed by atoms with Gasteiger partial charge in [0.25, 0.3) is 0 Å². The fraction of sp³-hybridized carbons (Fsp3) is 0.188. The topological polar surface area (TPSA) is 71.1 Å². The average molecular weight is 372 g/mol. The van der Waals surface area contributed by atoms with Gasteiger partial charge in [0.05, 0.1) is 23.5 Å². The van der Waals surface area contributed by atoms with Crippen LogP contribution in [0.2, 0.25) is 5.02 Å². The van der Waals surface area contributed by atoms with E-state index in [1.165, 1.54) is 6.07 Å². The van der Waals surface area contributed by atoms with Crippen molar-refractivity contribution in [3.8, 4) is 0 Å². The Labute approximate surface area is 146 Å². The minimum Gasteiger partial charge on any atom is -0.350 e. The van der Waals surface area contributed by atoms with E-state index in [1.807, 2.05) is 0 Å². The third kappa shape index (κ3) is 5.75. The average Bonchev–Trinajstić information content (AvgIpc) is 2.54. The first-order valence-corrected chi connectivity index (χ1v) is 7.46. The number of aromatic nitrogens is 1. The van der Waals surface area contributed by atoms with Crippen LogP contribution in [0.5, 0.6) is 0 Å². The van der Waals surface area contributed by atoms with Crippen molar-refractivity contribution >= 4 is 29.1 Å². The molecule has 0 atom stereocenters. The summed E-state index contributed by atoms with van der Waals surface area (Å²) in [6.07, 6.45) is -3.76. The largest absolute Gasteiger partial charge is 0.418 e. The fourth-order valence-electron chi connectivity index (χ4n) is 1.95. The van der Waals surface area contributed by atoms with Crippen LogP contribution in [0.25, 0.3) is 0 Å². The van der Waals surface area contributed by atoms with E-state index in [2.05, 4.69) is 15.6 Å². The molecule has 2 N–H and O–H groups in total. The van der Waals surface area contributed by atoms with E-state index in [1.54, 1.807) is 24.4 Å². The van der Waals surface area contributed by atoms with Crippen molar-refractivity contribution in [1.82, 2.24) is 10.3 Å². The van der Waals surface area contributed by atoms with Gasteiger partial charge in [0.15, 0.2) is 0 Å². The van der Waals surface area contributed by atoms with E-state index >= 15 is 0 Å². The third-order valence-corrected chi connectivity index (χ3v) is 3.31. The van der Waals surface area contributed by atoms with Crippen LogP contribution in [0.4, 0.5) is 18.9 Å². The lowest BCUT2D eigenvalue weighted by Gasteiger charge is -2.14. The Kier molecular flexibility index (Phi) is 5.97. The van der Waals surface area contributed by atoms with Crippen LogP contribution in [-0.4, -0.2) is 16.8 Å².